The van der Waals surface area contributed by atoms with Gasteiger partial charge in [-0.05, 0) is 24.1 Å². The van der Waals surface area contributed by atoms with Crippen molar-refractivity contribution in [2.24, 2.45) is 0 Å². The lowest BCUT2D eigenvalue weighted by Crippen LogP contribution is -2.03. The number of aliphatic hydroxyl groups is 1. The lowest BCUT2D eigenvalue weighted by Gasteiger charge is -2.08. The highest BCUT2D eigenvalue weighted by atomic mass is 19.3. The van der Waals surface area contributed by atoms with Crippen LogP contribution < -0.4 is 4.74 Å². The first kappa shape index (κ1) is 12.6. The molecule has 88 valence electrons. The Morgan fingerprint density at radius 2 is 2.12 bits per heavy atom. The smallest absolute Gasteiger partial charge is 0.387 e. The summed E-state index contributed by atoms with van der Waals surface area (Å²) in [6.45, 7) is -1.04. The van der Waals surface area contributed by atoms with Crippen molar-refractivity contribution in [3.05, 3.63) is 35.4 Å². The molecule has 1 aromatic rings. The molecule has 0 unspecified atom stereocenters. The van der Waals surface area contributed by atoms with Crippen LogP contribution in [-0.2, 0) is 0 Å². The Kier molecular flexibility index (Phi) is 4.92. The molecule has 0 heterocycles. The Labute approximate surface area is 93.2 Å². The van der Waals surface area contributed by atoms with Gasteiger partial charge < -0.3 is 9.84 Å². The predicted molar refractivity (Wildman–Crippen MR) is 58.4 cm³/mol. The highest BCUT2D eigenvalue weighted by molar-refractivity contribution is 5.59. The SMILES string of the molecule is CCC(=Cc1ccccc1OC(F)F)CO. The molecule has 4 heteroatoms. The van der Waals surface area contributed by atoms with E-state index >= 15 is 0 Å². The van der Waals surface area contributed by atoms with Crippen LogP contribution in [0.4, 0.5) is 8.78 Å². The topological polar surface area (TPSA) is 29.5 Å². The molecule has 0 bridgehead atoms. The lowest BCUT2D eigenvalue weighted by atomic mass is 10.1. The molecule has 0 aliphatic heterocycles. The molecule has 0 spiro atoms. The fourth-order valence-corrected chi connectivity index (χ4v) is 1.28. The maximum Gasteiger partial charge on any atom is 0.387 e. The lowest BCUT2D eigenvalue weighted by molar-refractivity contribution is -0.0499. The summed E-state index contributed by atoms with van der Waals surface area (Å²) < 4.78 is 28.6. The first-order valence-electron chi connectivity index (χ1n) is 5.01. The van der Waals surface area contributed by atoms with Crippen molar-refractivity contribution in [1.29, 1.82) is 0 Å². The monoisotopic (exact) mass is 228 g/mol. The zero-order valence-corrected chi connectivity index (χ0v) is 8.99. The maximum atomic E-state index is 12.1. The van der Waals surface area contributed by atoms with Crippen LogP contribution in [0.15, 0.2) is 29.8 Å². The average Bonchev–Trinajstić information content (AvgIpc) is 2.27. The number of hydrogen-bond donors (Lipinski definition) is 1. The number of halogens is 2. The van der Waals surface area contributed by atoms with E-state index in [1.165, 1.54) is 6.07 Å². The van der Waals surface area contributed by atoms with Crippen LogP contribution in [0.2, 0.25) is 0 Å². The van der Waals surface area contributed by atoms with Gasteiger partial charge in [0.15, 0.2) is 0 Å². The number of alkyl halides is 2. The van der Waals surface area contributed by atoms with Crippen LogP contribution >= 0.6 is 0 Å². The van der Waals surface area contributed by atoms with Crippen molar-refractivity contribution in [2.45, 2.75) is 20.0 Å². The molecule has 0 aromatic heterocycles. The molecule has 1 rings (SSSR count). The highest BCUT2D eigenvalue weighted by Gasteiger charge is 2.07. The van der Waals surface area contributed by atoms with Crippen molar-refractivity contribution in [2.75, 3.05) is 6.61 Å². The van der Waals surface area contributed by atoms with Crippen LogP contribution in [0.5, 0.6) is 5.75 Å². The number of aliphatic hydroxyl groups excluding tert-OH is 1. The molecule has 0 aliphatic rings. The second kappa shape index (κ2) is 6.23. The molecule has 0 saturated carbocycles. The van der Waals surface area contributed by atoms with E-state index in [1.54, 1.807) is 24.3 Å². The Morgan fingerprint density at radius 1 is 1.44 bits per heavy atom. The van der Waals surface area contributed by atoms with Crippen molar-refractivity contribution in [3.63, 3.8) is 0 Å². The van der Waals surface area contributed by atoms with Crippen molar-refractivity contribution < 1.29 is 18.6 Å². The average molecular weight is 228 g/mol. The number of para-hydroxylation sites is 1. The number of ether oxygens (including phenoxy) is 1. The van der Waals surface area contributed by atoms with Gasteiger partial charge in [0.2, 0.25) is 0 Å². The highest BCUT2D eigenvalue weighted by Crippen LogP contribution is 2.23. The molecule has 0 radical (unpaired) electrons. The van der Waals surface area contributed by atoms with Gasteiger partial charge in [0.05, 0.1) is 6.61 Å². The Bertz CT molecular complexity index is 356. The molecule has 16 heavy (non-hydrogen) atoms. The Morgan fingerprint density at radius 3 is 2.69 bits per heavy atom. The van der Waals surface area contributed by atoms with Gasteiger partial charge in [-0.25, -0.2) is 0 Å². The minimum atomic E-state index is -2.84. The second-order valence-corrected chi connectivity index (χ2v) is 3.23. The minimum Gasteiger partial charge on any atom is -0.434 e. The molecule has 2 nitrogen and oxygen atoms in total. The van der Waals surface area contributed by atoms with Gasteiger partial charge >= 0.3 is 6.61 Å². The zero-order chi connectivity index (χ0) is 12.0. The number of hydrogen-bond acceptors (Lipinski definition) is 2. The third kappa shape index (κ3) is 3.62. The van der Waals surface area contributed by atoms with Crippen LogP contribution in [0.3, 0.4) is 0 Å². The van der Waals surface area contributed by atoms with Gasteiger partial charge in [0.25, 0.3) is 0 Å². The standard InChI is InChI=1S/C12H14F2O2/c1-2-9(8-15)7-10-5-3-4-6-11(10)16-12(13)14/h3-7,12,15H,2,8H2,1H3. The normalized spacial score (nSPS) is 11.9. The molecule has 0 aliphatic carbocycles. The van der Waals surface area contributed by atoms with E-state index in [0.717, 1.165) is 5.57 Å². The van der Waals surface area contributed by atoms with Gasteiger partial charge in [-0.3, -0.25) is 0 Å². The fourth-order valence-electron chi connectivity index (χ4n) is 1.28. The van der Waals surface area contributed by atoms with Crippen molar-refractivity contribution in [3.8, 4) is 5.75 Å². The third-order valence-electron chi connectivity index (χ3n) is 2.15. The molecule has 0 fully saturated rings. The number of rotatable bonds is 5. The Hall–Kier alpha value is -1.42. The summed E-state index contributed by atoms with van der Waals surface area (Å²) in [5.41, 5.74) is 1.32. The van der Waals surface area contributed by atoms with Gasteiger partial charge in [-0.15, -0.1) is 0 Å². The molecule has 0 atom stereocenters. The molecule has 1 N–H and O–H groups in total. The van der Waals surface area contributed by atoms with E-state index in [0.29, 0.717) is 12.0 Å². The fraction of sp³-hybridized carbons (Fsp3) is 0.333. The summed E-state index contributed by atoms with van der Waals surface area (Å²) in [4.78, 5) is 0. The third-order valence-corrected chi connectivity index (χ3v) is 2.15. The summed E-state index contributed by atoms with van der Waals surface area (Å²) in [5.74, 6) is 0.122. The van der Waals surface area contributed by atoms with Gasteiger partial charge in [-0.2, -0.15) is 8.78 Å². The summed E-state index contributed by atoms with van der Waals surface area (Å²) in [6.07, 6.45) is 2.33. The first-order chi connectivity index (χ1) is 7.67. The van der Waals surface area contributed by atoms with Crippen LogP contribution in [0.1, 0.15) is 18.9 Å². The molecule has 1 aromatic carbocycles. The van der Waals surface area contributed by atoms with E-state index in [2.05, 4.69) is 4.74 Å². The molecule has 0 saturated heterocycles. The quantitative estimate of drug-likeness (QED) is 0.839. The maximum absolute atomic E-state index is 12.1. The van der Waals surface area contributed by atoms with E-state index in [-0.39, 0.29) is 12.4 Å². The summed E-state index contributed by atoms with van der Waals surface area (Å²) >= 11 is 0. The van der Waals surface area contributed by atoms with Gasteiger partial charge in [-0.1, -0.05) is 25.1 Å². The summed E-state index contributed by atoms with van der Waals surface area (Å²) in [5, 5.41) is 9.00. The van der Waals surface area contributed by atoms with Crippen LogP contribution in [0.25, 0.3) is 6.08 Å². The van der Waals surface area contributed by atoms with Crippen molar-refractivity contribution in [1.82, 2.24) is 0 Å². The summed E-state index contributed by atoms with van der Waals surface area (Å²) in [6, 6.07) is 6.50. The largest absolute Gasteiger partial charge is 0.434 e. The molecule has 0 amide bonds. The van der Waals surface area contributed by atoms with E-state index in [1.807, 2.05) is 6.92 Å². The number of benzene rings is 1. The van der Waals surface area contributed by atoms with Crippen LogP contribution in [-0.4, -0.2) is 18.3 Å². The predicted octanol–water partition coefficient (Wildman–Crippen LogP) is 3.07. The molecular weight excluding hydrogens is 214 g/mol. The van der Waals surface area contributed by atoms with Gasteiger partial charge in [0, 0.05) is 5.56 Å². The molecular formula is C12H14F2O2. The first-order valence-corrected chi connectivity index (χ1v) is 5.01. The van der Waals surface area contributed by atoms with E-state index < -0.39 is 6.61 Å². The van der Waals surface area contributed by atoms with Crippen LogP contribution in [0, 0.1) is 0 Å². The van der Waals surface area contributed by atoms with Gasteiger partial charge in [0.1, 0.15) is 5.75 Å². The zero-order valence-electron chi connectivity index (χ0n) is 8.99. The minimum absolute atomic E-state index is 0.0838. The van der Waals surface area contributed by atoms with E-state index in [4.69, 9.17) is 5.11 Å². The van der Waals surface area contributed by atoms with Crippen molar-refractivity contribution >= 4 is 6.08 Å². The second-order valence-electron chi connectivity index (χ2n) is 3.23. The summed E-state index contributed by atoms with van der Waals surface area (Å²) in [7, 11) is 0. The Balaban J connectivity index is 2.98. The van der Waals surface area contributed by atoms with E-state index in [9.17, 15) is 8.78 Å².